The first-order valence-corrected chi connectivity index (χ1v) is 6.43. The molecule has 0 saturated heterocycles. The Bertz CT molecular complexity index is 455. The van der Waals surface area contributed by atoms with Crippen molar-refractivity contribution in [2.45, 2.75) is 26.7 Å². The zero-order valence-electron chi connectivity index (χ0n) is 11.0. The molecule has 1 atom stereocenters. The van der Waals surface area contributed by atoms with Gasteiger partial charge in [0.05, 0.1) is 6.61 Å². The Morgan fingerprint density at radius 3 is 2.37 bits per heavy atom. The Morgan fingerprint density at radius 2 is 1.89 bits per heavy atom. The number of aliphatic carboxylic acids is 1. The van der Waals surface area contributed by atoms with E-state index >= 15 is 0 Å². The van der Waals surface area contributed by atoms with Gasteiger partial charge in [0.15, 0.2) is 5.41 Å². The number of aryl methyl sites for hydroxylation is 1. The van der Waals surface area contributed by atoms with Crippen molar-refractivity contribution in [2.24, 2.45) is 5.41 Å². The van der Waals surface area contributed by atoms with Crippen molar-refractivity contribution in [3.63, 3.8) is 0 Å². The van der Waals surface area contributed by atoms with Crippen LogP contribution >= 0.6 is 11.6 Å². The predicted octanol–water partition coefficient (Wildman–Crippen LogP) is 2.93. The lowest BCUT2D eigenvalue weighted by Crippen LogP contribution is -2.38. The Kier molecular flexibility index (Phi) is 5.36. The fraction of sp³-hybridized carbons (Fsp3) is 0.429. The highest BCUT2D eigenvalue weighted by atomic mass is 35.5. The lowest BCUT2D eigenvalue weighted by Gasteiger charge is -2.22. The lowest BCUT2D eigenvalue weighted by atomic mass is 9.84. The summed E-state index contributed by atoms with van der Waals surface area (Å²) in [6.07, 6.45) is 0.654. The van der Waals surface area contributed by atoms with Crippen LogP contribution in [0.3, 0.4) is 0 Å². The first-order valence-electron chi connectivity index (χ1n) is 6.05. The molecule has 0 saturated carbocycles. The third-order valence-electron chi connectivity index (χ3n) is 3.02. The van der Waals surface area contributed by atoms with E-state index in [0.717, 1.165) is 5.56 Å². The number of ether oxygens (including phenoxy) is 1. The molecular formula is C14H17ClO4. The van der Waals surface area contributed by atoms with Gasteiger partial charge in [0.25, 0.3) is 0 Å². The molecule has 0 heterocycles. The highest BCUT2D eigenvalue weighted by molar-refractivity contribution is 6.30. The van der Waals surface area contributed by atoms with E-state index in [-0.39, 0.29) is 13.0 Å². The number of carboxylic acids is 1. The maximum atomic E-state index is 11.8. The van der Waals surface area contributed by atoms with Crippen molar-refractivity contribution in [3.05, 3.63) is 34.9 Å². The predicted molar refractivity (Wildman–Crippen MR) is 72.1 cm³/mol. The number of rotatable bonds is 6. The highest BCUT2D eigenvalue weighted by Crippen LogP contribution is 2.26. The van der Waals surface area contributed by atoms with E-state index in [9.17, 15) is 14.7 Å². The van der Waals surface area contributed by atoms with Crippen LogP contribution in [0.15, 0.2) is 24.3 Å². The molecule has 0 amide bonds. The van der Waals surface area contributed by atoms with Gasteiger partial charge in [-0.1, -0.05) is 23.7 Å². The summed E-state index contributed by atoms with van der Waals surface area (Å²) in [6.45, 7) is 3.21. The lowest BCUT2D eigenvalue weighted by molar-refractivity contribution is -0.167. The van der Waals surface area contributed by atoms with Crippen LogP contribution in [0.1, 0.15) is 25.8 Å². The molecule has 1 N–H and O–H groups in total. The van der Waals surface area contributed by atoms with E-state index in [1.54, 1.807) is 19.1 Å². The van der Waals surface area contributed by atoms with Crippen LogP contribution in [-0.2, 0) is 20.7 Å². The van der Waals surface area contributed by atoms with Gasteiger partial charge in [-0.3, -0.25) is 9.59 Å². The Morgan fingerprint density at radius 1 is 1.32 bits per heavy atom. The Hall–Kier alpha value is -1.55. The van der Waals surface area contributed by atoms with E-state index in [1.807, 2.05) is 12.1 Å². The van der Waals surface area contributed by atoms with E-state index in [0.29, 0.717) is 11.4 Å². The van der Waals surface area contributed by atoms with Crippen LogP contribution in [0.25, 0.3) is 0 Å². The maximum absolute atomic E-state index is 11.8. The average molecular weight is 285 g/mol. The molecule has 0 aliphatic rings. The number of carbonyl (C=O) groups excluding carboxylic acids is 1. The number of carboxylic acid groups (broad SMARTS) is 1. The molecule has 4 nitrogen and oxygen atoms in total. The van der Waals surface area contributed by atoms with E-state index in [4.69, 9.17) is 16.3 Å². The maximum Gasteiger partial charge on any atom is 0.323 e. The summed E-state index contributed by atoms with van der Waals surface area (Å²) >= 11 is 5.78. The van der Waals surface area contributed by atoms with Gasteiger partial charge in [-0.2, -0.15) is 0 Å². The summed E-state index contributed by atoms with van der Waals surface area (Å²) in [7, 11) is 0. The van der Waals surface area contributed by atoms with Crippen molar-refractivity contribution < 1.29 is 19.4 Å². The van der Waals surface area contributed by atoms with Gasteiger partial charge in [-0.05, 0) is 44.4 Å². The normalized spacial score (nSPS) is 13.6. The fourth-order valence-corrected chi connectivity index (χ4v) is 1.76. The molecule has 0 aromatic heterocycles. The fourth-order valence-electron chi connectivity index (χ4n) is 1.63. The van der Waals surface area contributed by atoms with Crippen molar-refractivity contribution in [1.29, 1.82) is 0 Å². The van der Waals surface area contributed by atoms with Crippen LogP contribution in [0.2, 0.25) is 5.02 Å². The Balaban J connectivity index is 2.77. The summed E-state index contributed by atoms with van der Waals surface area (Å²) in [6, 6.07) is 7.10. The minimum atomic E-state index is -1.52. The summed E-state index contributed by atoms with van der Waals surface area (Å²) < 4.78 is 4.83. The van der Waals surface area contributed by atoms with Crippen molar-refractivity contribution >= 4 is 23.5 Å². The second kappa shape index (κ2) is 6.57. The molecule has 19 heavy (non-hydrogen) atoms. The largest absolute Gasteiger partial charge is 0.480 e. The van der Waals surface area contributed by atoms with Gasteiger partial charge in [0.2, 0.25) is 0 Å². The smallest absolute Gasteiger partial charge is 0.323 e. The van der Waals surface area contributed by atoms with E-state index in [2.05, 4.69) is 0 Å². The molecule has 0 radical (unpaired) electrons. The molecule has 0 fully saturated rings. The van der Waals surface area contributed by atoms with Crippen molar-refractivity contribution in [3.8, 4) is 0 Å². The van der Waals surface area contributed by atoms with Crippen LogP contribution in [0, 0.1) is 5.41 Å². The molecule has 0 aliphatic heterocycles. The minimum absolute atomic E-state index is 0.169. The zero-order chi connectivity index (χ0) is 14.5. The monoisotopic (exact) mass is 284 g/mol. The summed E-state index contributed by atoms with van der Waals surface area (Å²) in [5.74, 6) is -1.86. The third kappa shape index (κ3) is 3.96. The number of esters is 1. The number of halogens is 1. The highest BCUT2D eigenvalue weighted by Gasteiger charge is 2.42. The first-order chi connectivity index (χ1) is 8.90. The molecule has 5 heteroatoms. The van der Waals surface area contributed by atoms with Crippen LogP contribution in [0.5, 0.6) is 0 Å². The first kappa shape index (κ1) is 15.5. The van der Waals surface area contributed by atoms with Gasteiger partial charge in [-0.15, -0.1) is 0 Å². The molecule has 0 spiro atoms. The standard InChI is InChI=1S/C14H17ClO4/c1-3-19-13(18)14(2,12(16)17)9-8-10-4-6-11(15)7-5-10/h4-7H,3,8-9H2,1-2H3,(H,16,17). The van der Waals surface area contributed by atoms with E-state index in [1.165, 1.54) is 6.92 Å². The minimum Gasteiger partial charge on any atom is -0.480 e. The van der Waals surface area contributed by atoms with Gasteiger partial charge in [0.1, 0.15) is 0 Å². The number of benzene rings is 1. The second-order valence-corrected chi connectivity index (χ2v) is 4.92. The van der Waals surface area contributed by atoms with Gasteiger partial charge < -0.3 is 9.84 Å². The van der Waals surface area contributed by atoms with Crippen molar-refractivity contribution in [1.82, 2.24) is 0 Å². The molecule has 1 rings (SSSR count). The van der Waals surface area contributed by atoms with Crippen LogP contribution in [0.4, 0.5) is 0 Å². The Labute approximate surface area is 117 Å². The second-order valence-electron chi connectivity index (χ2n) is 4.48. The third-order valence-corrected chi connectivity index (χ3v) is 3.28. The average Bonchev–Trinajstić information content (AvgIpc) is 2.37. The molecule has 0 bridgehead atoms. The number of carbonyl (C=O) groups is 2. The molecule has 1 aromatic carbocycles. The van der Waals surface area contributed by atoms with Gasteiger partial charge in [-0.25, -0.2) is 0 Å². The molecule has 0 aliphatic carbocycles. The molecular weight excluding hydrogens is 268 g/mol. The zero-order valence-corrected chi connectivity index (χ0v) is 11.7. The summed E-state index contributed by atoms with van der Waals surface area (Å²) in [5.41, 5.74) is -0.587. The van der Waals surface area contributed by atoms with Crippen LogP contribution < -0.4 is 0 Å². The van der Waals surface area contributed by atoms with Gasteiger partial charge in [0, 0.05) is 5.02 Å². The van der Waals surface area contributed by atoms with Crippen molar-refractivity contribution in [2.75, 3.05) is 6.61 Å². The number of hydrogen-bond donors (Lipinski definition) is 1. The van der Waals surface area contributed by atoms with Crippen LogP contribution in [-0.4, -0.2) is 23.7 Å². The molecule has 1 unspecified atom stereocenters. The summed E-state index contributed by atoms with van der Waals surface area (Å²) in [5, 5.41) is 9.85. The quantitative estimate of drug-likeness (QED) is 0.644. The SMILES string of the molecule is CCOC(=O)C(C)(CCc1ccc(Cl)cc1)C(=O)O. The van der Waals surface area contributed by atoms with E-state index < -0.39 is 17.4 Å². The summed E-state index contributed by atoms with van der Waals surface area (Å²) in [4.78, 5) is 23.0. The topological polar surface area (TPSA) is 63.6 Å². The molecule has 104 valence electrons. The van der Waals surface area contributed by atoms with Gasteiger partial charge >= 0.3 is 11.9 Å². The number of hydrogen-bond acceptors (Lipinski definition) is 3. The molecule has 1 aromatic rings.